The molecule has 0 bridgehead atoms. The molecule has 0 aliphatic rings. The van der Waals surface area contributed by atoms with Crippen molar-refractivity contribution in [3.63, 3.8) is 0 Å². The zero-order valence-corrected chi connectivity index (χ0v) is 21.1. The number of hydrogen-bond donors (Lipinski definition) is 2. The Morgan fingerprint density at radius 2 is 1.88 bits per heavy atom. The highest BCUT2D eigenvalue weighted by Gasteiger charge is 2.20. The smallest absolute Gasteiger partial charge is 0.410 e. The summed E-state index contributed by atoms with van der Waals surface area (Å²) in [5, 5.41) is 3.64. The molecule has 1 aromatic carbocycles. The van der Waals surface area contributed by atoms with E-state index in [4.69, 9.17) is 33.7 Å². The van der Waals surface area contributed by atoms with Crippen molar-refractivity contribution < 1.29 is 9.53 Å². The van der Waals surface area contributed by atoms with E-state index in [9.17, 15) is 4.79 Å². The first-order valence-corrected chi connectivity index (χ1v) is 11.5. The number of aromatic nitrogens is 3. The Morgan fingerprint density at radius 1 is 1.12 bits per heavy atom. The normalized spacial score (nSPS) is 11.2. The van der Waals surface area contributed by atoms with Crippen LogP contribution in [0.3, 0.4) is 0 Å². The van der Waals surface area contributed by atoms with Crippen LogP contribution in [0, 0.1) is 0 Å². The molecule has 0 fully saturated rings. The lowest BCUT2D eigenvalue weighted by Crippen LogP contribution is -2.34. The number of amides is 1. The number of halogens is 2. The number of pyridine rings is 1. The van der Waals surface area contributed by atoms with Crippen molar-refractivity contribution in [1.82, 2.24) is 19.9 Å². The van der Waals surface area contributed by atoms with E-state index < -0.39 is 5.60 Å². The third-order valence-corrected chi connectivity index (χ3v) is 5.25. The van der Waals surface area contributed by atoms with Gasteiger partial charge in [0.2, 0.25) is 5.28 Å². The van der Waals surface area contributed by atoms with Crippen LogP contribution in [0.1, 0.15) is 37.5 Å². The number of hydrogen-bond acceptors (Lipinski definition) is 7. The van der Waals surface area contributed by atoms with Crippen LogP contribution < -0.4 is 11.1 Å². The second-order valence-corrected chi connectivity index (χ2v) is 9.65. The molecule has 3 rings (SSSR count). The quantitative estimate of drug-likeness (QED) is 0.401. The molecule has 0 saturated carbocycles. The van der Waals surface area contributed by atoms with Crippen molar-refractivity contribution in [2.75, 3.05) is 18.1 Å². The maximum Gasteiger partial charge on any atom is 0.410 e. The van der Waals surface area contributed by atoms with E-state index in [-0.39, 0.29) is 11.4 Å². The summed E-state index contributed by atoms with van der Waals surface area (Å²) in [6.07, 6.45) is 5.90. The summed E-state index contributed by atoms with van der Waals surface area (Å²) in [7, 11) is 1.72. The first-order chi connectivity index (χ1) is 16.0. The molecule has 1 amide bonds. The van der Waals surface area contributed by atoms with Gasteiger partial charge in [-0.25, -0.2) is 9.78 Å². The molecule has 34 heavy (non-hydrogen) atoms. The highest BCUT2D eigenvalue weighted by Crippen LogP contribution is 2.26. The molecule has 0 saturated heterocycles. The number of nitrogen functional groups attached to an aromatic ring is 1. The predicted octanol–water partition coefficient (Wildman–Crippen LogP) is 5.66. The molecule has 0 spiro atoms. The summed E-state index contributed by atoms with van der Waals surface area (Å²) in [6.45, 7) is 5.91. The van der Waals surface area contributed by atoms with Crippen molar-refractivity contribution in [2.24, 2.45) is 0 Å². The van der Waals surface area contributed by atoms with Gasteiger partial charge in [0.05, 0.1) is 11.9 Å². The molecule has 3 N–H and O–H groups in total. The second-order valence-electron chi connectivity index (χ2n) is 8.91. The highest BCUT2D eigenvalue weighted by molar-refractivity contribution is 6.33. The Kier molecular flexibility index (Phi) is 8.17. The van der Waals surface area contributed by atoms with Gasteiger partial charge in [-0.05, 0) is 80.1 Å². The summed E-state index contributed by atoms with van der Waals surface area (Å²) < 4.78 is 5.49. The number of benzene rings is 1. The van der Waals surface area contributed by atoms with E-state index >= 15 is 0 Å². The third-order valence-electron chi connectivity index (χ3n) is 4.80. The molecule has 3 aromatic rings. The molecule has 2 aromatic heterocycles. The number of aryl methyl sites for hydroxylation is 2. The van der Waals surface area contributed by atoms with Crippen molar-refractivity contribution in [2.45, 2.75) is 45.8 Å². The molecule has 10 heteroatoms. The van der Waals surface area contributed by atoms with Gasteiger partial charge in [-0.15, -0.1) is 0 Å². The van der Waals surface area contributed by atoms with Gasteiger partial charge in [-0.2, -0.15) is 4.98 Å². The number of anilines is 3. The second kappa shape index (κ2) is 10.9. The van der Waals surface area contributed by atoms with Crippen LogP contribution >= 0.6 is 23.2 Å². The van der Waals surface area contributed by atoms with E-state index in [1.807, 2.05) is 45.0 Å². The standard InChI is InChI=1S/C24H28Cl2N6O2/c1-24(2,3)34-23(33)32(4)14-17-7-8-19(30-21-20(25)13-29-22(26)31-21)10-16(17)6-5-15-9-18(27)12-28-11-15/h7-13H,5-6,14,27H2,1-4H3,(H,29,30,31). The molecule has 0 atom stereocenters. The molecule has 0 aliphatic carbocycles. The molecule has 180 valence electrons. The maximum atomic E-state index is 12.5. The highest BCUT2D eigenvalue weighted by atomic mass is 35.5. The van der Waals surface area contributed by atoms with E-state index in [1.54, 1.807) is 24.3 Å². The van der Waals surface area contributed by atoms with E-state index in [2.05, 4.69) is 20.3 Å². The molecule has 0 radical (unpaired) electrons. The Bertz CT molecular complexity index is 1170. The van der Waals surface area contributed by atoms with Crippen molar-refractivity contribution in [3.8, 4) is 0 Å². The minimum Gasteiger partial charge on any atom is -0.444 e. The van der Waals surface area contributed by atoms with Crippen molar-refractivity contribution >= 4 is 46.5 Å². The summed E-state index contributed by atoms with van der Waals surface area (Å²) >= 11 is 12.1. The Morgan fingerprint density at radius 3 is 2.59 bits per heavy atom. The molecular formula is C24H28Cl2N6O2. The third kappa shape index (κ3) is 7.46. The van der Waals surface area contributed by atoms with Crippen LogP contribution in [0.15, 0.2) is 42.9 Å². The number of ether oxygens (including phenoxy) is 1. The van der Waals surface area contributed by atoms with E-state index in [0.29, 0.717) is 29.5 Å². The van der Waals surface area contributed by atoms with Gasteiger partial charge in [0.15, 0.2) is 5.82 Å². The van der Waals surface area contributed by atoms with Crippen LogP contribution in [-0.4, -0.2) is 38.6 Å². The summed E-state index contributed by atoms with van der Waals surface area (Å²) in [6, 6.07) is 7.78. The first kappa shape index (κ1) is 25.5. The fourth-order valence-corrected chi connectivity index (χ4v) is 3.52. The number of rotatable bonds is 7. The average Bonchev–Trinajstić information content (AvgIpc) is 2.75. The lowest BCUT2D eigenvalue weighted by molar-refractivity contribution is 0.0285. The largest absolute Gasteiger partial charge is 0.444 e. The SMILES string of the molecule is CN(Cc1ccc(Nc2nc(Cl)ncc2Cl)cc1CCc1cncc(N)c1)C(=O)OC(C)(C)C. The van der Waals surface area contributed by atoms with E-state index in [0.717, 1.165) is 28.8 Å². The van der Waals surface area contributed by atoms with Gasteiger partial charge in [0, 0.05) is 31.7 Å². The van der Waals surface area contributed by atoms with Gasteiger partial charge in [-0.1, -0.05) is 17.7 Å². The van der Waals surface area contributed by atoms with Gasteiger partial charge in [0.25, 0.3) is 0 Å². The zero-order valence-electron chi connectivity index (χ0n) is 19.6. The molecular weight excluding hydrogens is 475 g/mol. The molecule has 0 unspecified atom stereocenters. The lowest BCUT2D eigenvalue weighted by Gasteiger charge is -2.25. The van der Waals surface area contributed by atoms with Crippen molar-refractivity contribution in [1.29, 1.82) is 0 Å². The molecule has 0 aliphatic heterocycles. The fraction of sp³-hybridized carbons (Fsp3) is 0.333. The van der Waals surface area contributed by atoms with Crippen LogP contribution in [0.25, 0.3) is 0 Å². The summed E-state index contributed by atoms with van der Waals surface area (Å²) in [4.78, 5) is 26.2. The van der Waals surface area contributed by atoms with Crippen LogP contribution in [0.5, 0.6) is 0 Å². The van der Waals surface area contributed by atoms with Crippen molar-refractivity contribution in [3.05, 3.63) is 69.9 Å². The molecule has 8 nitrogen and oxygen atoms in total. The summed E-state index contributed by atoms with van der Waals surface area (Å²) in [5.74, 6) is 0.409. The van der Waals surface area contributed by atoms with Gasteiger partial charge >= 0.3 is 6.09 Å². The Labute approximate surface area is 209 Å². The lowest BCUT2D eigenvalue weighted by atomic mass is 9.99. The fourth-order valence-electron chi connectivity index (χ4n) is 3.24. The minimum absolute atomic E-state index is 0.0943. The Hall–Kier alpha value is -3.10. The molecule has 2 heterocycles. The van der Waals surface area contributed by atoms with Crippen LogP contribution in [0.2, 0.25) is 10.3 Å². The average molecular weight is 503 g/mol. The first-order valence-electron chi connectivity index (χ1n) is 10.7. The zero-order chi connectivity index (χ0) is 24.9. The van der Waals surface area contributed by atoms with Gasteiger partial charge < -0.3 is 20.7 Å². The van der Waals surface area contributed by atoms with Crippen LogP contribution in [0.4, 0.5) is 22.0 Å². The minimum atomic E-state index is -0.569. The predicted molar refractivity (Wildman–Crippen MR) is 136 cm³/mol. The number of nitrogens with two attached hydrogens (primary N) is 1. The number of nitrogens with one attached hydrogen (secondary N) is 1. The summed E-state index contributed by atoms with van der Waals surface area (Å²) in [5.41, 5.74) is 9.76. The monoisotopic (exact) mass is 502 g/mol. The number of carbonyl (C=O) groups excluding carboxylic acids is 1. The number of nitrogens with zero attached hydrogens (tertiary/aromatic N) is 4. The van der Waals surface area contributed by atoms with E-state index in [1.165, 1.54) is 6.20 Å². The van der Waals surface area contributed by atoms with Gasteiger partial charge in [0.1, 0.15) is 10.6 Å². The van der Waals surface area contributed by atoms with Crippen LogP contribution in [-0.2, 0) is 24.1 Å². The maximum absolute atomic E-state index is 12.5. The van der Waals surface area contributed by atoms with Gasteiger partial charge in [-0.3, -0.25) is 4.98 Å². The number of carbonyl (C=O) groups is 1. The topological polar surface area (TPSA) is 106 Å². The Balaban J connectivity index is 1.85.